The summed E-state index contributed by atoms with van der Waals surface area (Å²) in [6.07, 6.45) is 0.537. The maximum atomic E-state index is 15.7. The minimum absolute atomic E-state index is 0. The molecule has 0 saturated heterocycles. The number of nitrogens with zero attached hydrogens (tertiary/aromatic N) is 2. The minimum atomic E-state index is -3.18. The molecule has 2 unspecified atom stereocenters. The van der Waals surface area contributed by atoms with Crippen LogP contribution in [0.3, 0.4) is 0 Å². The standard InChI is InChI=1S/C25H14F2N4O2P2.C3H6NO.C2H5NO2.2V/c26-25(27)18-7-13(14-3-6-20-21(9-14)30-24(29-20)35-12-33)1-4-16(18)17-5-2-15(8-19(17)25)22-10-28-23(31-22)34-11-32;1-3(4)5-2;1-5-2(3)4;;/h1-10,34-35H,(H,28,31)(H,29,30);4H,1H2,2H3;1H3,(H2,3,4);;/q-2;-1;;2*+2/p-1. The van der Waals surface area contributed by atoms with Crippen molar-refractivity contribution in [2.75, 3.05) is 14.2 Å². The normalized spacial score (nSPS) is 12.0. The third-order valence-electron chi connectivity index (χ3n) is 6.48. The van der Waals surface area contributed by atoms with Gasteiger partial charge in [-0.3, -0.25) is 4.79 Å². The Kier molecular flexibility index (Phi) is 14.5. The number of fused-ring (bicyclic) bond motifs is 4. The minimum Gasteiger partial charge on any atom is -0.669 e. The summed E-state index contributed by atoms with van der Waals surface area (Å²) in [7, 11) is 2.14. The molecule has 0 aliphatic heterocycles. The van der Waals surface area contributed by atoms with Crippen molar-refractivity contribution in [2.45, 2.75) is 5.92 Å². The maximum absolute atomic E-state index is 15.7. The summed E-state index contributed by atoms with van der Waals surface area (Å²) < 4.78 is 39.3. The molecule has 1 aliphatic carbocycles. The Morgan fingerprint density at radius 1 is 0.851 bits per heavy atom. The van der Waals surface area contributed by atoms with E-state index >= 15 is 8.78 Å². The average molecular weight is 750 g/mol. The van der Waals surface area contributed by atoms with E-state index in [9.17, 15) is 14.4 Å². The number of aromatic amines is 2. The van der Waals surface area contributed by atoms with Gasteiger partial charge in [0.05, 0.1) is 48.3 Å². The van der Waals surface area contributed by atoms with Gasteiger partial charge in [0.2, 0.25) is 6.09 Å². The molecule has 47 heavy (non-hydrogen) atoms. The zero-order valence-corrected chi connectivity index (χ0v) is 29.4. The third kappa shape index (κ3) is 9.17. The van der Waals surface area contributed by atoms with Gasteiger partial charge < -0.3 is 40.5 Å². The van der Waals surface area contributed by atoms with Crippen molar-refractivity contribution >= 4 is 57.5 Å². The first-order chi connectivity index (χ1) is 21.5. The van der Waals surface area contributed by atoms with E-state index in [2.05, 4.69) is 36.0 Å². The van der Waals surface area contributed by atoms with E-state index in [1.807, 2.05) is 24.2 Å². The van der Waals surface area contributed by atoms with Crippen LogP contribution in [0.15, 0.2) is 73.3 Å². The molecule has 0 fully saturated rings. The van der Waals surface area contributed by atoms with Crippen molar-refractivity contribution in [2.24, 2.45) is 0 Å². The number of methoxy groups -OCH3 is 2. The van der Waals surface area contributed by atoms with Gasteiger partial charge in [0.1, 0.15) is 0 Å². The van der Waals surface area contributed by atoms with Crippen molar-refractivity contribution in [3.8, 4) is 33.5 Å². The van der Waals surface area contributed by atoms with Crippen LogP contribution in [0.1, 0.15) is 11.1 Å². The molecule has 2 aromatic heterocycles. The number of H-pyrrole nitrogens is 2. The Labute approximate surface area is 295 Å². The molecule has 6 rings (SSSR count). The van der Waals surface area contributed by atoms with Crippen LogP contribution in [-0.2, 0) is 62.1 Å². The molecule has 0 saturated carbocycles. The van der Waals surface area contributed by atoms with E-state index in [0.717, 1.165) is 18.2 Å². The number of hydrogen-bond donors (Lipinski definition) is 2. The fourth-order valence-electron chi connectivity index (χ4n) is 4.45. The zero-order valence-electron chi connectivity index (χ0n) is 24.6. The molecule has 0 bridgehead atoms. The second-order valence-electron chi connectivity index (χ2n) is 9.13. The van der Waals surface area contributed by atoms with Crippen LogP contribution >= 0.6 is 17.2 Å². The first kappa shape index (κ1) is 39.4. The van der Waals surface area contributed by atoms with Gasteiger partial charge in [-0.2, -0.15) is 25.9 Å². The van der Waals surface area contributed by atoms with Gasteiger partial charge >= 0.3 is 37.1 Å². The SMILES string of the molecule is C=C([NH-])OC.COC([NH-])=O.O=[C-]Pc1ncc(-c2ccc3c(c2)C(F)(F)c2cc(-c4ccc5nc(P[C-]=O)[nH]c5c4)ccc2-3)[nH]1.[V+2].[V+2]. The maximum Gasteiger partial charge on any atom is 2.00 e. The van der Waals surface area contributed by atoms with Crippen LogP contribution in [-0.4, -0.2) is 52.3 Å². The molecule has 2 atom stereocenters. The van der Waals surface area contributed by atoms with Crippen LogP contribution in [0, 0.1) is 0 Å². The number of benzene rings is 3. The largest absolute Gasteiger partial charge is 2.00 e. The number of aromatic nitrogens is 4. The van der Waals surface area contributed by atoms with Crippen LogP contribution in [0.5, 0.6) is 0 Å². The Morgan fingerprint density at radius 2 is 1.36 bits per heavy atom. The molecule has 11 nitrogen and oxygen atoms in total. The van der Waals surface area contributed by atoms with Gasteiger partial charge in [0.15, 0.2) is 0 Å². The van der Waals surface area contributed by atoms with Gasteiger partial charge in [-0.1, -0.05) is 36.9 Å². The van der Waals surface area contributed by atoms with Crippen LogP contribution < -0.4 is 11.1 Å². The van der Waals surface area contributed by atoms with Gasteiger partial charge in [-0.05, 0) is 46.5 Å². The van der Waals surface area contributed by atoms with Gasteiger partial charge in [0.25, 0.3) is 5.92 Å². The summed E-state index contributed by atoms with van der Waals surface area (Å²) in [4.78, 5) is 45.1. The summed E-state index contributed by atoms with van der Waals surface area (Å²) in [6, 6.07) is 19.1. The molecule has 2 heterocycles. The number of hydrogen-bond acceptors (Lipinski definition) is 7. The van der Waals surface area contributed by atoms with Crippen LogP contribution in [0.2, 0.25) is 0 Å². The van der Waals surface area contributed by atoms with E-state index in [0.29, 0.717) is 44.6 Å². The zero-order chi connectivity index (χ0) is 32.7. The number of rotatable bonds is 7. The molecule has 17 heteroatoms. The number of imidazole rings is 2. The molecule has 5 aromatic rings. The molecule has 3 aromatic carbocycles. The second-order valence-corrected chi connectivity index (χ2v) is 11.0. The average Bonchev–Trinajstić information content (AvgIpc) is 3.72. The fraction of sp³-hybridized carbons (Fsp3) is 0.100. The van der Waals surface area contributed by atoms with E-state index in [4.69, 9.17) is 11.5 Å². The van der Waals surface area contributed by atoms with E-state index in [-0.39, 0.29) is 71.3 Å². The third-order valence-corrected chi connectivity index (χ3v) is 7.65. The molecule has 2 radical (unpaired) electrons. The van der Waals surface area contributed by atoms with Crippen LogP contribution in [0.4, 0.5) is 13.6 Å². The van der Waals surface area contributed by atoms with Crippen molar-refractivity contribution < 1.29 is 69.7 Å². The molecule has 1 amide bonds. The smallest absolute Gasteiger partial charge is 0.669 e. The number of alkyl halides is 2. The van der Waals surface area contributed by atoms with Crippen molar-refractivity contribution in [3.05, 3.63) is 95.9 Å². The predicted molar refractivity (Wildman–Crippen MR) is 172 cm³/mol. The Hall–Kier alpha value is -3.82. The summed E-state index contributed by atoms with van der Waals surface area (Å²) in [5.74, 6) is -3.17. The van der Waals surface area contributed by atoms with E-state index < -0.39 is 12.0 Å². The van der Waals surface area contributed by atoms with E-state index in [1.54, 1.807) is 30.3 Å². The molecule has 238 valence electrons. The first-order valence-electron chi connectivity index (χ1n) is 12.8. The van der Waals surface area contributed by atoms with Crippen LogP contribution in [0.25, 0.3) is 56.0 Å². The van der Waals surface area contributed by atoms with Crippen molar-refractivity contribution in [1.29, 1.82) is 0 Å². The number of amides is 1. The number of halogens is 2. The van der Waals surface area contributed by atoms with Gasteiger partial charge in [0, 0.05) is 22.6 Å². The number of ether oxygens (including phenoxy) is 2. The van der Waals surface area contributed by atoms with Crippen molar-refractivity contribution in [1.82, 2.24) is 19.9 Å². The van der Waals surface area contributed by atoms with Gasteiger partial charge in [-0.15, -0.1) is 0 Å². The number of carbonyl (C=O) groups excluding carboxylic acids is 3. The summed E-state index contributed by atoms with van der Waals surface area (Å²) in [5, 5.41) is 0. The van der Waals surface area contributed by atoms with E-state index in [1.165, 1.54) is 25.4 Å². The van der Waals surface area contributed by atoms with Crippen molar-refractivity contribution in [3.63, 3.8) is 0 Å². The molecular weight excluding hydrogens is 726 g/mol. The molecule has 4 N–H and O–H groups in total. The number of nitrogens with one attached hydrogen (secondary N) is 4. The second kappa shape index (κ2) is 17.4. The topological polar surface area (TPSA) is 175 Å². The Balaban J connectivity index is 0.000000564. The quantitative estimate of drug-likeness (QED) is 0.109. The molecular formula is C30H24F2N6O5P2V2. The summed E-state index contributed by atoms with van der Waals surface area (Å²) in [6.45, 7) is 3.12. The Morgan fingerprint density at radius 3 is 1.91 bits per heavy atom. The number of carbonyl (C=O) groups is 1. The van der Waals surface area contributed by atoms with Gasteiger partial charge in [-0.25, -0.2) is 22.0 Å². The predicted octanol–water partition coefficient (Wildman–Crippen LogP) is 6.44. The summed E-state index contributed by atoms with van der Waals surface area (Å²) in [5.41, 5.74) is 18.2. The Bertz CT molecular complexity index is 1890. The monoisotopic (exact) mass is 750 g/mol. The fourth-order valence-corrected chi connectivity index (χ4v) is 5.34. The molecule has 1 aliphatic rings. The molecule has 0 spiro atoms. The summed E-state index contributed by atoms with van der Waals surface area (Å²) >= 11 is 0. The first-order valence-corrected chi connectivity index (χ1v) is 14.8.